The van der Waals surface area contributed by atoms with Crippen LogP contribution in [0.25, 0.3) is 0 Å². The molecule has 74 valence electrons. The number of nitrogen functional groups attached to an aromatic ring is 1. The van der Waals surface area contributed by atoms with Gasteiger partial charge in [-0.05, 0) is 6.08 Å². The summed E-state index contributed by atoms with van der Waals surface area (Å²) in [6.45, 7) is 0. The Morgan fingerprint density at radius 3 is 2.86 bits per heavy atom. The lowest BCUT2D eigenvalue weighted by atomic mass is 10.1. The number of carboxylic acids is 1. The topological polar surface area (TPSA) is 93.3 Å². The number of aliphatic carboxylic acids is 1. The van der Waals surface area contributed by atoms with E-state index in [9.17, 15) is 9.59 Å². The third kappa shape index (κ3) is 2.40. The van der Waals surface area contributed by atoms with Crippen LogP contribution in [0.3, 0.4) is 0 Å². The van der Waals surface area contributed by atoms with Crippen LogP contribution in [0.4, 0.5) is 5.13 Å². The van der Waals surface area contributed by atoms with Crippen LogP contribution in [0, 0.1) is 0 Å². The highest BCUT2D eigenvalue weighted by atomic mass is 32.1. The fourth-order valence-electron chi connectivity index (χ4n) is 0.907. The van der Waals surface area contributed by atoms with E-state index in [0.717, 1.165) is 17.4 Å². The average Bonchev–Trinajstić information content (AvgIpc) is 2.52. The number of thiazole rings is 1. The Labute approximate surface area is 83.9 Å². The Bertz CT molecular complexity index is 372. The molecule has 0 fully saturated rings. The molecular weight excluding hydrogens is 204 g/mol. The van der Waals surface area contributed by atoms with E-state index in [1.165, 1.54) is 6.08 Å². The van der Waals surface area contributed by atoms with E-state index >= 15 is 0 Å². The number of allylic oxidation sites excluding steroid dienone is 1. The fourth-order valence-corrected chi connectivity index (χ4v) is 1.51. The Hall–Kier alpha value is -1.69. The first-order valence-electron chi connectivity index (χ1n) is 3.71. The molecule has 0 aliphatic rings. The maximum atomic E-state index is 10.8. The van der Waals surface area contributed by atoms with Crippen LogP contribution in [0.1, 0.15) is 11.6 Å². The summed E-state index contributed by atoms with van der Waals surface area (Å²) in [6, 6.07) is 0. The molecular formula is C8H8N2O3S. The van der Waals surface area contributed by atoms with Crippen molar-refractivity contribution in [3.8, 4) is 0 Å². The molecule has 0 radical (unpaired) electrons. The van der Waals surface area contributed by atoms with E-state index in [1.807, 2.05) is 0 Å². The Kier molecular flexibility index (Phi) is 3.35. The van der Waals surface area contributed by atoms with Gasteiger partial charge < -0.3 is 10.8 Å². The predicted molar refractivity (Wildman–Crippen MR) is 52.1 cm³/mol. The fraction of sp³-hybridized carbons (Fsp3) is 0.125. The monoisotopic (exact) mass is 212 g/mol. The summed E-state index contributed by atoms with van der Waals surface area (Å²) < 4.78 is 0. The molecule has 0 aliphatic carbocycles. The first-order chi connectivity index (χ1) is 6.65. The molecule has 1 heterocycles. The van der Waals surface area contributed by atoms with E-state index < -0.39 is 11.9 Å². The highest BCUT2D eigenvalue weighted by Gasteiger charge is 2.19. The SMILES string of the molecule is Nc1nc(C(C=CC=O)C(=O)O)cs1. The van der Waals surface area contributed by atoms with Gasteiger partial charge in [0.15, 0.2) is 5.13 Å². The molecule has 0 aliphatic heterocycles. The number of hydrogen-bond acceptors (Lipinski definition) is 5. The summed E-state index contributed by atoms with van der Waals surface area (Å²) in [5, 5.41) is 10.7. The van der Waals surface area contributed by atoms with Crippen molar-refractivity contribution in [3.63, 3.8) is 0 Å². The first-order valence-corrected chi connectivity index (χ1v) is 4.58. The van der Waals surface area contributed by atoms with Gasteiger partial charge in [0.25, 0.3) is 0 Å². The molecule has 0 saturated heterocycles. The van der Waals surface area contributed by atoms with Crippen molar-refractivity contribution < 1.29 is 14.7 Å². The number of anilines is 1. The molecule has 3 N–H and O–H groups in total. The van der Waals surface area contributed by atoms with Crippen molar-refractivity contribution >= 4 is 28.7 Å². The third-order valence-electron chi connectivity index (χ3n) is 1.51. The van der Waals surface area contributed by atoms with Crippen LogP contribution in [0.5, 0.6) is 0 Å². The third-order valence-corrected chi connectivity index (χ3v) is 2.20. The second-order valence-electron chi connectivity index (χ2n) is 2.45. The van der Waals surface area contributed by atoms with Crippen LogP contribution < -0.4 is 5.73 Å². The molecule has 6 heteroatoms. The maximum absolute atomic E-state index is 10.8. The predicted octanol–water partition coefficient (Wildman–Crippen LogP) is 0.649. The number of nitrogens with zero attached hydrogens (tertiary/aromatic N) is 1. The van der Waals surface area contributed by atoms with E-state index in [1.54, 1.807) is 5.38 Å². The van der Waals surface area contributed by atoms with Gasteiger partial charge in [-0.15, -0.1) is 11.3 Å². The quantitative estimate of drug-likeness (QED) is 0.564. The molecule has 0 amide bonds. The van der Waals surface area contributed by atoms with Gasteiger partial charge in [-0.25, -0.2) is 4.98 Å². The average molecular weight is 212 g/mol. The molecule has 1 unspecified atom stereocenters. The standard InChI is InChI=1S/C8H8N2O3S/c9-8-10-6(4-14-8)5(7(12)13)2-1-3-11/h1-5H,(H2,9,10)(H,12,13). The molecule has 14 heavy (non-hydrogen) atoms. The summed E-state index contributed by atoms with van der Waals surface area (Å²) in [5.74, 6) is -1.97. The van der Waals surface area contributed by atoms with Crippen LogP contribution in [0.15, 0.2) is 17.5 Å². The number of hydrogen-bond donors (Lipinski definition) is 2. The minimum Gasteiger partial charge on any atom is -0.481 e. The Balaban J connectivity index is 2.93. The van der Waals surface area contributed by atoms with Gasteiger partial charge in [0.05, 0.1) is 5.69 Å². The van der Waals surface area contributed by atoms with Gasteiger partial charge in [-0.1, -0.05) is 6.08 Å². The Morgan fingerprint density at radius 2 is 2.43 bits per heavy atom. The van der Waals surface area contributed by atoms with Gasteiger partial charge in [0, 0.05) is 5.38 Å². The second kappa shape index (κ2) is 4.52. The number of nitrogens with two attached hydrogens (primary N) is 1. The molecule has 1 rings (SSSR count). The number of carbonyl (C=O) groups excluding carboxylic acids is 1. The molecule has 5 nitrogen and oxygen atoms in total. The summed E-state index contributed by atoms with van der Waals surface area (Å²) in [7, 11) is 0. The molecule has 0 aromatic carbocycles. The molecule has 1 atom stereocenters. The van der Waals surface area contributed by atoms with Crippen LogP contribution in [-0.4, -0.2) is 22.3 Å². The Morgan fingerprint density at radius 1 is 1.71 bits per heavy atom. The number of rotatable bonds is 4. The molecule has 1 aromatic heterocycles. The van der Waals surface area contributed by atoms with Crippen molar-refractivity contribution in [3.05, 3.63) is 23.2 Å². The van der Waals surface area contributed by atoms with Crippen LogP contribution >= 0.6 is 11.3 Å². The first kappa shape index (κ1) is 10.4. The zero-order chi connectivity index (χ0) is 10.6. The van der Waals surface area contributed by atoms with Gasteiger partial charge in [0.1, 0.15) is 12.2 Å². The van der Waals surface area contributed by atoms with Crippen molar-refractivity contribution in [2.24, 2.45) is 0 Å². The van der Waals surface area contributed by atoms with E-state index in [-0.39, 0.29) is 0 Å². The maximum Gasteiger partial charge on any atom is 0.316 e. The molecule has 0 spiro atoms. The van der Waals surface area contributed by atoms with Crippen molar-refractivity contribution in [1.82, 2.24) is 4.98 Å². The number of carboxylic acid groups (broad SMARTS) is 1. The van der Waals surface area contributed by atoms with E-state index in [0.29, 0.717) is 17.1 Å². The zero-order valence-electron chi connectivity index (χ0n) is 7.08. The normalized spacial score (nSPS) is 12.9. The minimum atomic E-state index is -1.06. The summed E-state index contributed by atoms with van der Waals surface area (Å²) in [6.07, 6.45) is 2.92. The van der Waals surface area contributed by atoms with Gasteiger partial charge in [-0.3, -0.25) is 9.59 Å². The lowest BCUT2D eigenvalue weighted by Gasteiger charge is -2.01. The number of carbonyl (C=O) groups is 2. The summed E-state index contributed by atoms with van der Waals surface area (Å²) in [5.41, 5.74) is 5.71. The zero-order valence-corrected chi connectivity index (χ0v) is 7.90. The minimum absolute atomic E-state index is 0.311. The lowest BCUT2D eigenvalue weighted by molar-refractivity contribution is -0.137. The van der Waals surface area contributed by atoms with Gasteiger partial charge >= 0.3 is 5.97 Å². The van der Waals surface area contributed by atoms with Crippen molar-refractivity contribution in [1.29, 1.82) is 0 Å². The van der Waals surface area contributed by atoms with Crippen LogP contribution in [-0.2, 0) is 9.59 Å². The second-order valence-corrected chi connectivity index (χ2v) is 3.34. The summed E-state index contributed by atoms with van der Waals surface area (Å²) >= 11 is 1.16. The largest absolute Gasteiger partial charge is 0.481 e. The lowest BCUT2D eigenvalue weighted by Crippen LogP contribution is -2.09. The van der Waals surface area contributed by atoms with Crippen molar-refractivity contribution in [2.75, 3.05) is 5.73 Å². The van der Waals surface area contributed by atoms with Crippen LogP contribution in [0.2, 0.25) is 0 Å². The smallest absolute Gasteiger partial charge is 0.316 e. The number of aldehydes is 1. The molecule has 0 saturated carbocycles. The van der Waals surface area contributed by atoms with E-state index in [2.05, 4.69) is 4.98 Å². The van der Waals surface area contributed by atoms with Gasteiger partial charge in [0.2, 0.25) is 0 Å². The number of aromatic nitrogens is 1. The molecule has 0 bridgehead atoms. The summed E-state index contributed by atoms with van der Waals surface area (Å²) in [4.78, 5) is 24.7. The molecule has 1 aromatic rings. The highest BCUT2D eigenvalue weighted by Crippen LogP contribution is 2.21. The van der Waals surface area contributed by atoms with Crippen molar-refractivity contribution in [2.45, 2.75) is 5.92 Å². The van der Waals surface area contributed by atoms with Gasteiger partial charge in [-0.2, -0.15) is 0 Å². The highest BCUT2D eigenvalue weighted by molar-refractivity contribution is 7.13. The van der Waals surface area contributed by atoms with E-state index in [4.69, 9.17) is 10.8 Å².